The van der Waals surface area contributed by atoms with E-state index in [2.05, 4.69) is 93.7 Å². The first kappa shape index (κ1) is 78.8. The number of hydrogen-bond donors (Lipinski definition) is 0. The summed E-state index contributed by atoms with van der Waals surface area (Å²) in [6.45, 7) is 6.57. The summed E-state index contributed by atoms with van der Waals surface area (Å²) in [5.41, 5.74) is 0. The van der Waals surface area contributed by atoms with E-state index in [1.807, 2.05) is 0 Å². The number of unbranched alkanes of at least 4 members (excludes halogenated alkanes) is 43. The molecule has 476 valence electrons. The summed E-state index contributed by atoms with van der Waals surface area (Å²) < 4.78 is 17.0. The standard InChI is InChI=1S/C76H136O6/c1-4-7-10-13-16-19-22-25-28-30-32-33-34-35-36-37-38-39-40-41-42-43-45-46-48-51-54-57-60-63-66-69-75(78)81-72-73(71-80-74(77)68-65-62-59-56-53-50-27-24-21-18-15-12-9-6-3)82-76(79)70-67-64-61-58-55-52-49-47-44-31-29-26-23-20-17-14-11-8-5-2/h7,10,16,19,24-25,27-28,32-33,35-36,73H,4-6,8-9,11-15,17-18,20-23,26,29-31,34,37-72H2,1-3H3/b10-7-,19-16-,27-24-,28-25-,33-32-,36-35-. The van der Waals surface area contributed by atoms with Crippen LogP contribution in [-0.4, -0.2) is 37.2 Å². The monoisotopic (exact) mass is 1150 g/mol. The van der Waals surface area contributed by atoms with Gasteiger partial charge in [0.05, 0.1) is 0 Å². The van der Waals surface area contributed by atoms with Gasteiger partial charge in [-0.3, -0.25) is 14.4 Å². The lowest BCUT2D eigenvalue weighted by molar-refractivity contribution is -0.167. The SMILES string of the molecule is CC/C=C\C/C=C\C/C=C\C/C=C\C/C=C\CCCCCCCCCCCCCCCCCC(=O)OCC(COC(=O)CCCCCCC/C=C\CCCCCCC)OC(=O)CCCCCCCCCCCCCCCCCCCCC. The number of carbonyl (C=O) groups excluding carboxylic acids is 3. The van der Waals surface area contributed by atoms with Crippen LogP contribution >= 0.6 is 0 Å². The Balaban J connectivity index is 4.21. The lowest BCUT2D eigenvalue weighted by Crippen LogP contribution is -2.30. The minimum atomic E-state index is -0.777. The molecule has 0 saturated carbocycles. The maximum atomic E-state index is 12.9. The van der Waals surface area contributed by atoms with Gasteiger partial charge in [-0.15, -0.1) is 0 Å². The van der Waals surface area contributed by atoms with E-state index in [0.29, 0.717) is 19.3 Å². The van der Waals surface area contributed by atoms with E-state index in [1.165, 1.54) is 238 Å². The van der Waals surface area contributed by atoms with Crippen LogP contribution in [0.15, 0.2) is 72.9 Å². The Morgan fingerprint density at radius 3 is 0.756 bits per heavy atom. The van der Waals surface area contributed by atoms with Gasteiger partial charge in [0.15, 0.2) is 6.10 Å². The molecular formula is C76H136O6. The van der Waals surface area contributed by atoms with Crippen molar-refractivity contribution in [2.75, 3.05) is 13.2 Å². The predicted octanol–water partition coefficient (Wildman–Crippen LogP) is 24.8. The third-order valence-electron chi connectivity index (χ3n) is 15.9. The maximum absolute atomic E-state index is 12.9. The molecule has 0 heterocycles. The lowest BCUT2D eigenvalue weighted by atomic mass is 10.0. The molecule has 0 saturated heterocycles. The third-order valence-corrected chi connectivity index (χ3v) is 15.9. The van der Waals surface area contributed by atoms with E-state index in [1.54, 1.807) is 0 Å². The molecule has 0 aromatic heterocycles. The van der Waals surface area contributed by atoms with Crippen LogP contribution in [0.5, 0.6) is 0 Å². The molecule has 0 aliphatic rings. The first-order valence-electron chi connectivity index (χ1n) is 35.9. The first-order valence-corrected chi connectivity index (χ1v) is 35.9. The molecule has 0 aliphatic carbocycles. The highest BCUT2D eigenvalue weighted by molar-refractivity contribution is 5.71. The molecule has 0 spiro atoms. The second-order valence-electron chi connectivity index (χ2n) is 24.1. The average Bonchev–Trinajstić information content (AvgIpc) is 3.47. The summed E-state index contributed by atoms with van der Waals surface area (Å²) in [5, 5.41) is 0. The van der Waals surface area contributed by atoms with Crippen LogP contribution in [0.2, 0.25) is 0 Å². The van der Waals surface area contributed by atoms with Gasteiger partial charge in [-0.25, -0.2) is 0 Å². The van der Waals surface area contributed by atoms with Gasteiger partial charge in [-0.2, -0.15) is 0 Å². The molecule has 0 aliphatic heterocycles. The molecule has 0 rings (SSSR count). The largest absolute Gasteiger partial charge is 0.462 e. The minimum Gasteiger partial charge on any atom is -0.462 e. The second-order valence-corrected chi connectivity index (χ2v) is 24.1. The molecule has 82 heavy (non-hydrogen) atoms. The van der Waals surface area contributed by atoms with Crippen LogP contribution in [0.4, 0.5) is 0 Å². The van der Waals surface area contributed by atoms with Crippen molar-refractivity contribution in [3.8, 4) is 0 Å². The molecule has 0 amide bonds. The van der Waals surface area contributed by atoms with E-state index in [4.69, 9.17) is 14.2 Å². The highest BCUT2D eigenvalue weighted by Gasteiger charge is 2.19. The van der Waals surface area contributed by atoms with E-state index < -0.39 is 6.10 Å². The fraction of sp³-hybridized carbons (Fsp3) is 0.803. The summed E-state index contributed by atoms with van der Waals surface area (Å²) in [6, 6.07) is 0. The van der Waals surface area contributed by atoms with Gasteiger partial charge in [-0.05, 0) is 89.9 Å². The van der Waals surface area contributed by atoms with Crippen molar-refractivity contribution in [2.45, 2.75) is 380 Å². The van der Waals surface area contributed by atoms with E-state index in [0.717, 1.165) is 96.3 Å². The molecule has 6 nitrogen and oxygen atoms in total. The Bertz CT molecular complexity index is 1500. The molecule has 1 unspecified atom stereocenters. The number of allylic oxidation sites excluding steroid dienone is 12. The average molecular weight is 1150 g/mol. The number of hydrogen-bond acceptors (Lipinski definition) is 6. The zero-order valence-corrected chi connectivity index (χ0v) is 54.8. The topological polar surface area (TPSA) is 78.9 Å². The summed E-state index contributed by atoms with van der Waals surface area (Å²) in [5.74, 6) is -0.857. The minimum absolute atomic E-state index is 0.0726. The van der Waals surface area contributed by atoms with Gasteiger partial charge in [0.1, 0.15) is 13.2 Å². The van der Waals surface area contributed by atoms with E-state index in [9.17, 15) is 14.4 Å². The maximum Gasteiger partial charge on any atom is 0.306 e. The van der Waals surface area contributed by atoms with Crippen molar-refractivity contribution in [3.05, 3.63) is 72.9 Å². The van der Waals surface area contributed by atoms with Crippen molar-refractivity contribution in [3.63, 3.8) is 0 Å². The van der Waals surface area contributed by atoms with Crippen LogP contribution in [0.1, 0.15) is 374 Å². The normalized spacial score (nSPS) is 12.5. The van der Waals surface area contributed by atoms with Gasteiger partial charge >= 0.3 is 17.9 Å². The smallest absolute Gasteiger partial charge is 0.306 e. The van der Waals surface area contributed by atoms with Crippen molar-refractivity contribution in [2.24, 2.45) is 0 Å². The van der Waals surface area contributed by atoms with Crippen LogP contribution < -0.4 is 0 Å². The Labute approximate surface area is 510 Å². The molecule has 0 radical (unpaired) electrons. The highest BCUT2D eigenvalue weighted by Crippen LogP contribution is 2.18. The molecule has 1 atom stereocenters. The Hall–Kier alpha value is -3.15. The van der Waals surface area contributed by atoms with Crippen molar-refractivity contribution >= 4 is 17.9 Å². The Morgan fingerprint density at radius 2 is 0.476 bits per heavy atom. The summed E-state index contributed by atoms with van der Waals surface area (Å²) >= 11 is 0. The van der Waals surface area contributed by atoms with Gasteiger partial charge in [0.25, 0.3) is 0 Å². The number of rotatable bonds is 66. The van der Waals surface area contributed by atoms with Crippen molar-refractivity contribution in [1.82, 2.24) is 0 Å². The zero-order valence-electron chi connectivity index (χ0n) is 54.8. The summed E-state index contributed by atoms with van der Waals surface area (Å²) in [4.78, 5) is 38.4. The fourth-order valence-electron chi connectivity index (χ4n) is 10.6. The molecule has 6 heteroatoms. The quantitative estimate of drug-likeness (QED) is 0.0261. The van der Waals surface area contributed by atoms with Gasteiger partial charge < -0.3 is 14.2 Å². The van der Waals surface area contributed by atoms with E-state index >= 15 is 0 Å². The van der Waals surface area contributed by atoms with Crippen LogP contribution in [-0.2, 0) is 28.6 Å². The molecule has 0 aromatic carbocycles. The fourth-order valence-corrected chi connectivity index (χ4v) is 10.6. The zero-order chi connectivity index (χ0) is 59.2. The molecule has 0 N–H and O–H groups in total. The first-order chi connectivity index (χ1) is 40.5. The number of carbonyl (C=O) groups is 3. The predicted molar refractivity (Wildman–Crippen MR) is 358 cm³/mol. The highest BCUT2D eigenvalue weighted by atomic mass is 16.6. The lowest BCUT2D eigenvalue weighted by Gasteiger charge is -2.18. The molecule has 0 aromatic rings. The second kappa shape index (κ2) is 70.3. The van der Waals surface area contributed by atoms with Crippen molar-refractivity contribution < 1.29 is 28.6 Å². The summed E-state index contributed by atoms with van der Waals surface area (Å²) in [7, 11) is 0. The molecule has 0 bridgehead atoms. The molecule has 0 fully saturated rings. The van der Waals surface area contributed by atoms with Crippen LogP contribution in [0.25, 0.3) is 0 Å². The Morgan fingerprint density at radius 1 is 0.256 bits per heavy atom. The van der Waals surface area contributed by atoms with Crippen LogP contribution in [0.3, 0.4) is 0 Å². The number of esters is 3. The van der Waals surface area contributed by atoms with Gasteiger partial charge in [-0.1, -0.05) is 338 Å². The van der Waals surface area contributed by atoms with Gasteiger partial charge in [0.2, 0.25) is 0 Å². The number of ether oxygens (including phenoxy) is 3. The van der Waals surface area contributed by atoms with Crippen LogP contribution in [0, 0.1) is 0 Å². The Kier molecular flexibility index (Phi) is 67.6. The molecular weight excluding hydrogens is 1010 g/mol. The van der Waals surface area contributed by atoms with Gasteiger partial charge in [0, 0.05) is 19.3 Å². The van der Waals surface area contributed by atoms with E-state index in [-0.39, 0.29) is 31.1 Å². The van der Waals surface area contributed by atoms with Crippen molar-refractivity contribution in [1.29, 1.82) is 0 Å². The summed E-state index contributed by atoms with van der Waals surface area (Å²) in [6.07, 6.45) is 92.2. The third kappa shape index (κ3) is 67.6.